The van der Waals surface area contributed by atoms with Crippen LogP contribution in [0.25, 0.3) is 0 Å². The predicted octanol–water partition coefficient (Wildman–Crippen LogP) is 1.58. The van der Waals surface area contributed by atoms with Crippen molar-refractivity contribution in [2.75, 3.05) is 13.1 Å². The monoisotopic (exact) mass is 185 g/mol. The quantitative estimate of drug-likeness (QED) is 0.723. The molecule has 3 heteroatoms. The van der Waals surface area contributed by atoms with Gasteiger partial charge in [-0.25, -0.2) is 0 Å². The van der Waals surface area contributed by atoms with Crippen LogP contribution in [0.5, 0.6) is 0 Å². The summed E-state index contributed by atoms with van der Waals surface area (Å²) in [4.78, 5) is 12.8. The summed E-state index contributed by atoms with van der Waals surface area (Å²) in [7, 11) is 0. The van der Waals surface area contributed by atoms with E-state index >= 15 is 0 Å². The van der Waals surface area contributed by atoms with Gasteiger partial charge in [-0.3, -0.25) is 4.79 Å². The zero-order valence-corrected chi connectivity index (χ0v) is 8.49. The molecule has 3 nitrogen and oxygen atoms in total. The maximum absolute atomic E-state index is 10.4. The van der Waals surface area contributed by atoms with Gasteiger partial charge in [0.25, 0.3) is 0 Å². The first-order chi connectivity index (χ1) is 6.09. The first-order valence-electron chi connectivity index (χ1n) is 5.05. The number of nitrogens with zero attached hydrogens (tertiary/aromatic N) is 1. The van der Waals surface area contributed by atoms with Gasteiger partial charge in [0.2, 0.25) is 0 Å². The van der Waals surface area contributed by atoms with Crippen LogP contribution in [-0.2, 0) is 4.79 Å². The third-order valence-corrected chi connectivity index (χ3v) is 2.81. The topological polar surface area (TPSA) is 40.5 Å². The third kappa shape index (κ3) is 3.35. The molecule has 0 aliphatic carbocycles. The Morgan fingerprint density at radius 3 is 2.77 bits per heavy atom. The molecule has 1 aliphatic rings. The van der Waals surface area contributed by atoms with Crippen molar-refractivity contribution in [1.29, 1.82) is 0 Å². The van der Waals surface area contributed by atoms with E-state index in [1.807, 2.05) is 0 Å². The van der Waals surface area contributed by atoms with Crippen LogP contribution >= 0.6 is 0 Å². The fourth-order valence-corrected chi connectivity index (χ4v) is 1.89. The van der Waals surface area contributed by atoms with Crippen LogP contribution in [0, 0.1) is 5.92 Å². The van der Waals surface area contributed by atoms with Gasteiger partial charge in [0, 0.05) is 19.0 Å². The summed E-state index contributed by atoms with van der Waals surface area (Å²) in [5.41, 5.74) is 0. The predicted molar refractivity (Wildman–Crippen MR) is 51.7 cm³/mol. The molecule has 1 saturated heterocycles. The first-order valence-corrected chi connectivity index (χ1v) is 5.05. The lowest BCUT2D eigenvalue weighted by molar-refractivity contribution is -0.137. The molecule has 1 heterocycles. The smallest absolute Gasteiger partial charge is 0.303 e. The van der Waals surface area contributed by atoms with Crippen LogP contribution in [0.2, 0.25) is 0 Å². The van der Waals surface area contributed by atoms with E-state index < -0.39 is 5.97 Å². The van der Waals surface area contributed by atoms with E-state index in [0.717, 1.165) is 19.5 Å². The van der Waals surface area contributed by atoms with E-state index in [-0.39, 0.29) is 0 Å². The highest BCUT2D eigenvalue weighted by Gasteiger charge is 2.24. The lowest BCUT2D eigenvalue weighted by Gasteiger charge is -2.19. The lowest BCUT2D eigenvalue weighted by Crippen LogP contribution is -2.28. The van der Waals surface area contributed by atoms with E-state index in [9.17, 15) is 4.79 Å². The molecule has 0 aromatic rings. The highest BCUT2D eigenvalue weighted by Crippen LogP contribution is 2.22. The van der Waals surface area contributed by atoms with E-state index in [2.05, 4.69) is 18.7 Å². The Bertz CT molecular complexity index is 180. The van der Waals surface area contributed by atoms with E-state index in [1.165, 1.54) is 6.42 Å². The SMILES string of the molecule is CC(C)N1CCC(CCC(=O)O)C1. The van der Waals surface area contributed by atoms with Crippen molar-refractivity contribution in [2.45, 2.75) is 39.2 Å². The average molecular weight is 185 g/mol. The van der Waals surface area contributed by atoms with E-state index in [4.69, 9.17) is 5.11 Å². The Morgan fingerprint density at radius 2 is 2.31 bits per heavy atom. The molecule has 0 saturated carbocycles. The van der Waals surface area contributed by atoms with Gasteiger partial charge in [-0.15, -0.1) is 0 Å². The number of hydrogen-bond donors (Lipinski definition) is 1. The maximum atomic E-state index is 10.4. The molecule has 1 atom stereocenters. The number of aliphatic carboxylic acids is 1. The summed E-state index contributed by atoms with van der Waals surface area (Å²) >= 11 is 0. The van der Waals surface area contributed by atoms with Crippen LogP contribution in [-0.4, -0.2) is 35.1 Å². The van der Waals surface area contributed by atoms with Crippen LogP contribution in [0.3, 0.4) is 0 Å². The molecule has 0 radical (unpaired) electrons. The number of hydrogen-bond acceptors (Lipinski definition) is 2. The molecule has 1 N–H and O–H groups in total. The molecule has 0 aromatic heterocycles. The Morgan fingerprint density at radius 1 is 1.62 bits per heavy atom. The number of rotatable bonds is 4. The Kier molecular flexibility index (Phi) is 3.72. The molecular weight excluding hydrogens is 166 g/mol. The fourth-order valence-electron chi connectivity index (χ4n) is 1.89. The summed E-state index contributed by atoms with van der Waals surface area (Å²) < 4.78 is 0. The molecule has 13 heavy (non-hydrogen) atoms. The van der Waals surface area contributed by atoms with Crippen molar-refractivity contribution in [1.82, 2.24) is 4.90 Å². The van der Waals surface area contributed by atoms with Gasteiger partial charge < -0.3 is 10.0 Å². The lowest BCUT2D eigenvalue weighted by atomic mass is 10.0. The van der Waals surface area contributed by atoms with Crippen molar-refractivity contribution in [3.05, 3.63) is 0 Å². The van der Waals surface area contributed by atoms with E-state index in [0.29, 0.717) is 18.4 Å². The number of carboxylic acids is 1. The van der Waals surface area contributed by atoms with Gasteiger partial charge >= 0.3 is 5.97 Å². The minimum Gasteiger partial charge on any atom is -0.481 e. The summed E-state index contributed by atoms with van der Waals surface area (Å²) in [5.74, 6) is -0.0542. The van der Waals surface area contributed by atoms with Crippen molar-refractivity contribution >= 4 is 5.97 Å². The molecule has 0 amide bonds. The van der Waals surface area contributed by atoms with Gasteiger partial charge in [-0.1, -0.05) is 0 Å². The molecule has 76 valence electrons. The highest BCUT2D eigenvalue weighted by molar-refractivity contribution is 5.66. The second-order valence-corrected chi connectivity index (χ2v) is 4.18. The van der Waals surface area contributed by atoms with Crippen molar-refractivity contribution in [3.63, 3.8) is 0 Å². The molecule has 0 spiro atoms. The van der Waals surface area contributed by atoms with Crippen LogP contribution in [0.15, 0.2) is 0 Å². The van der Waals surface area contributed by atoms with Gasteiger partial charge in [0.05, 0.1) is 0 Å². The van der Waals surface area contributed by atoms with Crippen LogP contribution in [0.4, 0.5) is 0 Å². The number of carbonyl (C=O) groups is 1. The van der Waals surface area contributed by atoms with Gasteiger partial charge in [0.15, 0.2) is 0 Å². The van der Waals surface area contributed by atoms with Crippen molar-refractivity contribution in [2.24, 2.45) is 5.92 Å². The maximum Gasteiger partial charge on any atom is 0.303 e. The molecule has 1 aliphatic heterocycles. The summed E-state index contributed by atoms with van der Waals surface area (Å²) in [6.45, 7) is 6.62. The normalized spacial score (nSPS) is 24.1. The van der Waals surface area contributed by atoms with Gasteiger partial charge in [-0.05, 0) is 39.2 Å². The van der Waals surface area contributed by atoms with Crippen molar-refractivity contribution < 1.29 is 9.90 Å². The summed E-state index contributed by atoms with van der Waals surface area (Å²) in [6.07, 6.45) is 2.35. The Labute approximate surface area is 79.7 Å². The molecule has 0 aromatic carbocycles. The molecule has 1 rings (SSSR count). The number of carboxylic acid groups (broad SMARTS) is 1. The zero-order valence-electron chi connectivity index (χ0n) is 8.49. The standard InChI is InChI=1S/C10H19NO2/c1-8(2)11-6-5-9(7-11)3-4-10(12)13/h8-9H,3-7H2,1-2H3,(H,12,13). The zero-order chi connectivity index (χ0) is 9.84. The van der Waals surface area contributed by atoms with Crippen molar-refractivity contribution in [3.8, 4) is 0 Å². The van der Waals surface area contributed by atoms with Crippen LogP contribution in [0.1, 0.15) is 33.1 Å². The van der Waals surface area contributed by atoms with Crippen LogP contribution < -0.4 is 0 Å². The van der Waals surface area contributed by atoms with E-state index in [1.54, 1.807) is 0 Å². The summed E-state index contributed by atoms with van der Waals surface area (Å²) in [5, 5.41) is 8.54. The highest BCUT2D eigenvalue weighted by atomic mass is 16.4. The molecule has 1 unspecified atom stereocenters. The molecule has 1 fully saturated rings. The number of likely N-dealkylation sites (tertiary alicyclic amines) is 1. The third-order valence-electron chi connectivity index (χ3n) is 2.81. The van der Waals surface area contributed by atoms with Gasteiger partial charge in [0.1, 0.15) is 0 Å². The molecular formula is C10H19NO2. The largest absolute Gasteiger partial charge is 0.481 e. The average Bonchev–Trinajstić information content (AvgIpc) is 2.48. The second-order valence-electron chi connectivity index (χ2n) is 4.18. The minimum absolute atomic E-state index is 0.330. The van der Waals surface area contributed by atoms with Gasteiger partial charge in [-0.2, -0.15) is 0 Å². The second kappa shape index (κ2) is 4.61. The Hall–Kier alpha value is -0.570. The first kappa shape index (κ1) is 10.5. The molecule has 0 bridgehead atoms. The fraction of sp³-hybridized carbons (Fsp3) is 0.900. The minimum atomic E-state index is -0.664. The summed E-state index contributed by atoms with van der Waals surface area (Å²) in [6, 6.07) is 0.606. The Balaban J connectivity index is 2.21.